The molecule has 0 saturated carbocycles. The average Bonchev–Trinajstić information content (AvgIpc) is 3.30. The molecule has 3 amide bonds. The van der Waals surface area contributed by atoms with Gasteiger partial charge in [0.2, 0.25) is 12.1 Å². The normalized spacial score (nSPS) is 16.9. The summed E-state index contributed by atoms with van der Waals surface area (Å²) < 4.78 is 20.4. The van der Waals surface area contributed by atoms with Crippen molar-refractivity contribution < 1.29 is 23.5 Å². The van der Waals surface area contributed by atoms with Crippen molar-refractivity contribution in [1.82, 2.24) is 10.6 Å². The van der Waals surface area contributed by atoms with E-state index in [1.807, 2.05) is 48.5 Å². The van der Waals surface area contributed by atoms with Gasteiger partial charge in [-0.15, -0.1) is 0 Å². The molecular weight excluding hydrogens is 511 g/mol. The number of nitrogens with zero attached hydrogens (tertiary/aromatic N) is 2. The second-order valence-electron chi connectivity index (χ2n) is 10.8. The van der Waals surface area contributed by atoms with Gasteiger partial charge in [0.15, 0.2) is 0 Å². The molecule has 0 spiro atoms. The predicted molar refractivity (Wildman–Crippen MR) is 150 cm³/mol. The summed E-state index contributed by atoms with van der Waals surface area (Å²) >= 11 is 0. The molecule has 0 bridgehead atoms. The van der Waals surface area contributed by atoms with Crippen LogP contribution < -0.4 is 15.5 Å². The number of benzene rings is 3. The van der Waals surface area contributed by atoms with Crippen LogP contribution in [0, 0.1) is 5.82 Å². The molecule has 40 heavy (non-hydrogen) atoms. The molecule has 2 heterocycles. The number of ether oxygens (including phenoxy) is 1. The lowest BCUT2D eigenvalue weighted by Crippen LogP contribution is -2.54. The SMILES string of the molecule is CC(C)(C)OC(=O)N[C@@H](Cc1ccccc1)C(=O)N[C@H]1N=C(c2ccccc2F)c2cccc3c2N(CC3)C1=O. The van der Waals surface area contributed by atoms with Gasteiger partial charge >= 0.3 is 6.09 Å². The minimum Gasteiger partial charge on any atom is -0.444 e. The first kappa shape index (κ1) is 27.1. The molecule has 2 aliphatic heterocycles. The third-order valence-electron chi connectivity index (χ3n) is 6.71. The highest BCUT2D eigenvalue weighted by molar-refractivity contribution is 6.21. The summed E-state index contributed by atoms with van der Waals surface area (Å²) in [5, 5.41) is 5.37. The third-order valence-corrected chi connectivity index (χ3v) is 6.71. The van der Waals surface area contributed by atoms with E-state index in [4.69, 9.17) is 4.74 Å². The van der Waals surface area contributed by atoms with E-state index in [0.717, 1.165) is 11.1 Å². The lowest BCUT2D eigenvalue weighted by Gasteiger charge is -2.25. The Bertz CT molecular complexity index is 1480. The molecular formula is C31H31FN4O4. The van der Waals surface area contributed by atoms with Crippen LogP contribution in [0.3, 0.4) is 0 Å². The van der Waals surface area contributed by atoms with Crippen LogP contribution in [0.4, 0.5) is 14.9 Å². The maximum atomic E-state index is 15.0. The Morgan fingerprint density at radius 2 is 1.73 bits per heavy atom. The monoisotopic (exact) mass is 542 g/mol. The number of hydrogen-bond donors (Lipinski definition) is 2. The minimum absolute atomic E-state index is 0.158. The molecule has 3 aromatic rings. The van der Waals surface area contributed by atoms with Crippen molar-refractivity contribution in [3.8, 4) is 0 Å². The minimum atomic E-state index is -1.33. The Kier molecular flexibility index (Phi) is 7.38. The van der Waals surface area contributed by atoms with Crippen molar-refractivity contribution in [2.45, 2.75) is 51.4 Å². The fraction of sp³-hybridized carbons (Fsp3) is 0.290. The Hall–Kier alpha value is -4.53. The van der Waals surface area contributed by atoms with Crippen LogP contribution in [0.2, 0.25) is 0 Å². The molecule has 2 aliphatic rings. The van der Waals surface area contributed by atoms with Crippen molar-refractivity contribution in [3.63, 3.8) is 0 Å². The highest BCUT2D eigenvalue weighted by atomic mass is 19.1. The van der Waals surface area contributed by atoms with E-state index in [1.165, 1.54) is 6.07 Å². The zero-order valence-corrected chi connectivity index (χ0v) is 22.6. The number of alkyl carbamates (subject to hydrolysis) is 1. The van der Waals surface area contributed by atoms with Crippen LogP contribution in [-0.2, 0) is 27.2 Å². The fourth-order valence-electron chi connectivity index (χ4n) is 4.97. The summed E-state index contributed by atoms with van der Waals surface area (Å²) in [5.41, 5.74) is 2.79. The second-order valence-corrected chi connectivity index (χ2v) is 10.8. The van der Waals surface area contributed by atoms with Gasteiger partial charge < -0.3 is 20.3 Å². The largest absolute Gasteiger partial charge is 0.444 e. The van der Waals surface area contributed by atoms with E-state index >= 15 is 4.39 Å². The van der Waals surface area contributed by atoms with Crippen LogP contribution in [0.1, 0.15) is 43.0 Å². The summed E-state index contributed by atoms with van der Waals surface area (Å²) in [7, 11) is 0. The summed E-state index contributed by atoms with van der Waals surface area (Å²) in [6.45, 7) is 5.60. The Morgan fingerprint density at radius 1 is 1.02 bits per heavy atom. The fourth-order valence-corrected chi connectivity index (χ4v) is 4.97. The molecule has 0 unspecified atom stereocenters. The number of hydrogen-bond acceptors (Lipinski definition) is 5. The number of aliphatic imine (C=N–C) groups is 1. The molecule has 206 valence electrons. The smallest absolute Gasteiger partial charge is 0.408 e. The predicted octanol–water partition coefficient (Wildman–Crippen LogP) is 4.14. The molecule has 0 fully saturated rings. The lowest BCUT2D eigenvalue weighted by molar-refractivity contribution is -0.128. The molecule has 0 saturated heterocycles. The van der Waals surface area contributed by atoms with Gasteiger partial charge in [0.1, 0.15) is 17.5 Å². The number of rotatable bonds is 6. The van der Waals surface area contributed by atoms with Gasteiger partial charge in [-0.05, 0) is 50.5 Å². The van der Waals surface area contributed by atoms with Crippen LogP contribution in [-0.4, -0.2) is 48.0 Å². The Balaban J connectivity index is 1.50. The molecule has 3 aromatic carbocycles. The maximum Gasteiger partial charge on any atom is 0.408 e. The van der Waals surface area contributed by atoms with E-state index < -0.39 is 41.5 Å². The Morgan fingerprint density at radius 3 is 2.45 bits per heavy atom. The Labute approximate surface area is 232 Å². The highest BCUT2D eigenvalue weighted by Gasteiger charge is 2.38. The van der Waals surface area contributed by atoms with Gasteiger partial charge in [-0.3, -0.25) is 9.59 Å². The lowest BCUT2D eigenvalue weighted by atomic mass is 9.98. The zero-order chi connectivity index (χ0) is 28.4. The van der Waals surface area contributed by atoms with Gasteiger partial charge in [-0.25, -0.2) is 14.2 Å². The van der Waals surface area contributed by atoms with Gasteiger partial charge in [0.05, 0.1) is 11.4 Å². The number of para-hydroxylation sites is 1. The zero-order valence-electron chi connectivity index (χ0n) is 22.6. The summed E-state index contributed by atoms with van der Waals surface area (Å²) in [5.74, 6) is -1.53. The quantitative estimate of drug-likeness (QED) is 0.489. The topological polar surface area (TPSA) is 100 Å². The van der Waals surface area contributed by atoms with Gasteiger partial charge in [-0.2, -0.15) is 0 Å². The first-order chi connectivity index (χ1) is 19.1. The average molecular weight is 543 g/mol. The van der Waals surface area contributed by atoms with Crippen LogP contribution >= 0.6 is 0 Å². The number of amides is 3. The van der Waals surface area contributed by atoms with Crippen molar-refractivity contribution in [1.29, 1.82) is 0 Å². The van der Waals surface area contributed by atoms with E-state index in [1.54, 1.807) is 43.9 Å². The van der Waals surface area contributed by atoms with E-state index in [9.17, 15) is 14.4 Å². The van der Waals surface area contributed by atoms with Crippen LogP contribution in [0.25, 0.3) is 0 Å². The van der Waals surface area contributed by atoms with Crippen molar-refractivity contribution in [2.24, 2.45) is 4.99 Å². The van der Waals surface area contributed by atoms with Crippen molar-refractivity contribution in [2.75, 3.05) is 11.4 Å². The molecule has 5 rings (SSSR count). The van der Waals surface area contributed by atoms with Crippen molar-refractivity contribution in [3.05, 3.63) is 101 Å². The number of halogens is 1. The number of anilines is 1. The molecule has 2 N–H and O–H groups in total. The highest BCUT2D eigenvalue weighted by Crippen LogP contribution is 2.36. The van der Waals surface area contributed by atoms with Gasteiger partial charge in [0.25, 0.3) is 5.91 Å². The molecule has 0 radical (unpaired) electrons. The van der Waals surface area contributed by atoms with E-state index in [0.29, 0.717) is 24.2 Å². The van der Waals surface area contributed by atoms with Gasteiger partial charge in [0, 0.05) is 24.1 Å². The number of carbonyl (C=O) groups excluding carboxylic acids is 3. The molecule has 2 atom stereocenters. The van der Waals surface area contributed by atoms with E-state index in [2.05, 4.69) is 15.6 Å². The first-order valence-electron chi connectivity index (χ1n) is 13.2. The maximum absolute atomic E-state index is 15.0. The summed E-state index contributed by atoms with van der Waals surface area (Å²) in [4.78, 5) is 46.3. The summed E-state index contributed by atoms with van der Waals surface area (Å²) in [6.07, 6.45) is -1.30. The number of nitrogens with one attached hydrogen (secondary N) is 2. The molecule has 0 aromatic heterocycles. The molecule has 0 aliphatic carbocycles. The van der Waals surface area contributed by atoms with Gasteiger partial charge in [-0.1, -0.05) is 60.7 Å². The number of carbonyl (C=O) groups is 3. The van der Waals surface area contributed by atoms with Crippen LogP contribution in [0.15, 0.2) is 77.8 Å². The van der Waals surface area contributed by atoms with E-state index in [-0.39, 0.29) is 17.7 Å². The second kappa shape index (κ2) is 10.9. The van der Waals surface area contributed by atoms with Crippen molar-refractivity contribution >= 4 is 29.3 Å². The molecule has 9 heteroatoms. The molecule has 8 nitrogen and oxygen atoms in total. The third kappa shape index (κ3) is 5.73. The van der Waals surface area contributed by atoms with Crippen LogP contribution in [0.5, 0.6) is 0 Å². The first-order valence-corrected chi connectivity index (χ1v) is 13.2. The summed E-state index contributed by atoms with van der Waals surface area (Å²) in [6, 6.07) is 20.0. The standard InChI is InChI=1S/C31H31FN4O4/c1-31(2,3)40-30(39)33-24(18-19-10-5-4-6-11-19)28(37)35-27-29(38)36-17-16-20-12-9-14-22(26(20)36)25(34-27)21-13-7-8-15-23(21)32/h4-15,24,27H,16-18H2,1-3H3,(H,33,39)(H,35,37)/t24-,27+/m0/s1.